The van der Waals surface area contributed by atoms with Crippen LogP contribution in [-0.4, -0.2) is 15.1 Å². The summed E-state index contributed by atoms with van der Waals surface area (Å²) in [5.41, 5.74) is 1.21. The van der Waals surface area contributed by atoms with E-state index in [0.29, 0.717) is 11.7 Å². The second-order valence-corrected chi connectivity index (χ2v) is 3.85. The van der Waals surface area contributed by atoms with Crippen LogP contribution in [0.5, 0.6) is 0 Å². The zero-order valence-corrected chi connectivity index (χ0v) is 10.3. The first-order valence-corrected chi connectivity index (χ1v) is 5.47. The number of nitrogens with zero attached hydrogens (tertiary/aromatic N) is 3. The van der Waals surface area contributed by atoms with Gasteiger partial charge in [0, 0.05) is 6.92 Å². The van der Waals surface area contributed by atoms with Gasteiger partial charge in [0.25, 0.3) is 0 Å². The van der Waals surface area contributed by atoms with Crippen LogP contribution in [0.1, 0.15) is 17.3 Å². The lowest BCUT2D eigenvalue weighted by molar-refractivity contribution is -0.137. The van der Waals surface area contributed by atoms with Crippen molar-refractivity contribution in [1.82, 2.24) is 15.1 Å². The molecule has 2 aromatic rings. The molecule has 7 nitrogen and oxygen atoms in total. The third-order valence-electron chi connectivity index (χ3n) is 2.30. The van der Waals surface area contributed by atoms with E-state index in [0.717, 1.165) is 12.1 Å². The van der Waals surface area contributed by atoms with Gasteiger partial charge in [-0.2, -0.15) is 18.2 Å². The van der Waals surface area contributed by atoms with Crippen LogP contribution in [0, 0.1) is 6.92 Å². The lowest BCUT2D eigenvalue weighted by Crippen LogP contribution is -2.14. The summed E-state index contributed by atoms with van der Waals surface area (Å²) < 4.78 is 42.8. The lowest BCUT2D eigenvalue weighted by atomic mass is 10.2. The van der Waals surface area contributed by atoms with Crippen LogP contribution in [0.15, 0.2) is 16.7 Å². The van der Waals surface area contributed by atoms with Gasteiger partial charge in [0.1, 0.15) is 11.6 Å². The van der Waals surface area contributed by atoms with Gasteiger partial charge in [0.05, 0.1) is 12.1 Å². The lowest BCUT2D eigenvalue weighted by Gasteiger charge is -2.11. The fourth-order valence-electron chi connectivity index (χ4n) is 1.44. The SMILES string of the molecule is Cc1nc(CNc2cc(C(F)(F)F)cc(NN)n2)no1. The minimum atomic E-state index is -4.49. The maximum absolute atomic E-state index is 12.7. The zero-order chi connectivity index (χ0) is 14.8. The number of alkyl halides is 3. The predicted molar refractivity (Wildman–Crippen MR) is 63.4 cm³/mol. The van der Waals surface area contributed by atoms with Crippen molar-refractivity contribution in [2.24, 2.45) is 5.84 Å². The maximum atomic E-state index is 12.7. The van der Waals surface area contributed by atoms with E-state index in [1.165, 1.54) is 0 Å². The number of hydrazine groups is 1. The molecule has 0 atom stereocenters. The molecule has 0 aliphatic rings. The number of nitrogens with two attached hydrogens (primary N) is 1. The highest BCUT2D eigenvalue weighted by atomic mass is 19.4. The van der Waals surface area contributed by atoms with E-state index in [2.05, 4.69) is 25.9 Å². The molecule has 0 aliphatic heterocycles. The molecule has 2 heterocycles. The number of aryl methyl sites for hydroxylation is 1. The molecule has 0 aliphatic carbocycles. The highest BCUT2D eigenvalue weighted by Crippen LogP contribution is 2.31. The summed E-state index contributed by atoms with van der Waals surface area (Å²) in [6.07, 6.45) is -4.49. The van der Waals surface area contributed by atoms with E-state index in [1.807, 2.05) is 0 Å². The average Bonchev–Trinajstić information content (AvgIpc) is 2.81. The maximum Gasteiger partial charge on any atom is 0.416 e. The Morgan fingerprint density at radius 2 is 1.95 bits per heavy atom. The van der Waals surface area contributed by atoms with Crippen LogP contribution in [0.25, 0.3) is 0 Å². The molecule has 2 aromatic heterocycles. The Balaban J connectivity index is 2.18. The van der Waals surface area contributed by atoms with Crippen molar-refractivity contribution in [1.29, 1.82) is 0 Å². The molecule has 0 amide bonds. The Kier molecular flexibility index (Phi) is 3.74. The number of aromatic nitrogens is 3. The Hall–Kier alpha value is -2.36. The number of hydrogen-bond donors (Lipinski definition) is 3. The van der Waals surface area contributed by atoms with Gasteiger partial charge in [0.15, 0.2) is 5.82 Å². The fraction of sp³-hybridized carbons (Fsp3) is 0.300. The number of hydrogen-bond acceptors (Lipinski definition) is 7. The van der Waals surface area contributed by atoms with Gasteiger partial charge in [-0.1, -0.05) is 5.16 Å². The molecule has 0 spiro atoms. The van der Waals surface area contributed by atoms with E-state index in [9.17, 15) is 13.2 Å². The van der Waals surface area contributed by atoms with Crippen LogP contribution in [0.2, 0.25) is 0 Å². The molecule has 0 bridgehead atoms. The summed E-state index contributed by atoms with van der Waals surface area (Å²) in [4.78, 5) is 7.76. The van der Waals surface area contributed by atoms with Gasteiger partial charge < -0.3 is 15.3 Å². The van der Waals surface area contributed by atoms with Crippen LogP contribution in [0.4, 0.5) is 24.8 Å². The summed E-state index contributed by atoms with van der Waals surface area (Å²) in [5.74, 6) is 5.66. The van der Waals surface area contributed by atoms with E-state index in [-0.39, 0.29) is 18.2 Å². The number of halogens is 3. The third-order valence-corrected chi connectivity index (χ3v) is 2.30. The van der Waals surface area contributed by atoms with Crippen LogP contribution in [0.3, 0.4) is 0 Å². The van der Waals surface area contributed by atoms with Crippen molar-refractivity contribution in [3.63, 3.8) is 0 Å². The molecule has 4 N–H and O–H groups in total. The Labute approximate surface area is 111 Å². The molecule has 0 aromatic carbocycles. The van der Waals surface area contributed by atoms with Gasteiger partial charge >= 0.3 is 6.18 Å². The number of nitrogen functional groups attached to an aromatic ring is 1. The second-order valence-electron chi connectivity index (χ2n) is 3.85. The molecule has 108 valence electrons. The first-order valence-electron chi connectivity index (χ1n) is 5.47. The molecule has 2 rings (SSSR count). The quantitative estimate of drug-likeness (QED) is 0.581. The van der Waals surface area contributed by atoms with Gasteiger partial charge in [0.2, 0.25) is 5.89 Å². The molecule has 10 heteroatoms. The number of nitrogens with one attached hydrogen (secondary N) is 2. The Bertz CT molecular complexity index is 597. The van der Waals surface area contributed by atoms with Gasteiger partial charge in [-0.3, -0.25) is 0 Å². The summed E-state index contributed by atoms with van der Waals surface area (Å²) in [5, 5.41) is 6.28. The summed E-state index contributed by atoms with van der Waals surface area (Å²) in [6, 6.07) is 1.68. The Morgan fingerprint density at radius 3 is 2.50 bits per heavy atom. The van der Waals surface area contributed by atoms with Gasteiger partial charge in [-0.15, -0.1) is 0 Å². The van der Waals surface area contributed by atoms with Crippen molar-refractivity contribution >= 4 is 11.6 Å². The first-order chi connectivity index (χ1) is 9.38. The number of anilines is 2. The summed E-state index contributed by atoms with van der Waals surface area (Å²) >= 11 is 0. The van der Waals surface area contributed by atoms with Crippen LogP contribution < -0.4 is 16.6 Å². The van der Waals surface area contributed by atoms with E-state index < -0.39 is 11.7 Å². The van der Waals surface area contributed by atoms with Gasteiger partial charge in [-0.25, -0.2) is 10.8 Å². The molecular weight excluding hydrogens is 277 g/mol. The average molecular weight is 288 g/mol. The smallest absolute Gasteiger partial charge is 0.363 e. The van der Waals surface area contributed by atoms with Crippen molar-refractivity contribution in [2.45, 2.75) is 19.6 Å². The monoisotopic (exact) mass is 288 g/mol. The van der Waals surface area contributed by atoms with E-state index in [1.54, 1.807) is 6.92 Å². The van der Waals surface area contributed by atoms with E-state index >= 15 is 0 Å². The molecule has 20 heavy (non-hydrogen) atoms. The standard InChI is InChI=1S/C10H11F3N6O/c1-5-16-9(19-20-5)4-15-7-2-6(10(11,12)13)3-8(17-7)18-14/h2-3H,4,14H2,1H3,(H2,15,17,18). The molecular formula is C10H11F3N6O. The summed E-state index contributed by atoms with van der Waals surface area (Å²) in [6.45, 7) is 1.69. The van der Waals surface area contributed by atoms with Crippen LogP contribution in [-0.2, 0) is 12.7 Å². The highest BCUT2D eigenvalue weighted by Gasteiger charge is 2.31. The molecule has 0 saturated carbocycles. The number of pyridine rings is 1. The topological polar surface area (TPSA) is 102 Å². The summed E-state index contributed by atoms with van der Waals surface area (Å²) in [7, 11) is 0. The van der Waals surface area contributed by atoms with Crippen molar-refractivity contribution in [3.05, 3.63) is 29.4 Å². The van der Waals surface area contributed by atoms with E-state index in [4.69, 9.17) is 10.4 Å². The molecule has 0 fully saturated rings. The normalized spacial score (nSPS) is 11.4. The third kappa shape index (κ3) is 3.35. The second kappa shape index (κ2) is 5.33. The molecule has 0 saturated heterocycles. The zero-order valence-electron chi connectivity index (χ0n) is 10.3. The minimum absolute atomic E-state index is 0.00442. The van der Waals surface area contributed by atoms with Crippen molar-refractivity contribution in [3.8, 4) is 0 Å². The minimum Gasteiger partial charge on any atom is -0.363 e. The fourth-order valence-corrected chi connectivity index (χ4v) is 1.44. The predicted octanol–water partition coefficient (Wildman–Crippen LogP) is 1.69. The largest absolute Gasteiger partial charge is 0.416 e. The highest BCUT2D eigenvalue weighted by molar-refractivity contribution is 5.49. The Morgan fingerprint density at radius 1 is 1.25 bits per heavy atom. The molecule has 0 unspecified atom stereocenters. The van der Waals surface area contributed by atoms with Crippen molar-refractivity contribution in [2.75, 3.05) is 10.7 Å². The first kappa shape index (κ1) is 14.1. The van der Waals surface area contributed by atoms with Crippen LogP contribution >= 0.6 is 0 Å². The number of rotatable bonds is 4. The van der Waals surface area contributed by atoms with Crippen molar-refractivity contribution < 1.29 is 17.7 Å². The molecule has 0 radical (unpaired) electrons. The van der Waals surface area contributed by atoms with Gasteiger partial charge in [-0.05, 0) is 12.1 Å².